The Labute approximate surface area is 99.4 Å². The van der Waals surface area contributed by atoms with E-state index < -0.39 is 0 Å². The van der Waals surface area contributed by atoms with Crippen LogP contribution in [0.3, 0.4) is 0 Å². The largest absolute Gasteiger partial charge is 0.309 e. The Balaban J connectivity index is 2.06. The lowest BCUT2D eigenvalue weighted by Gasteiger charge is -2.04. The van der Waals surface area contributed by atoms with Gasteiger partial charge in [0.1, 0.15) is 12.1 Å². The van der Waals surface area contributed by atoms with Crippen molar-refractivity contribution in [2.75, 3.05) is 0 Å². The SMILES string of the molecule is c1ccc(-c2cc(-n3cccc3)ncn2)cc1. The zero-order valence-electron chi connectivity index (χ0n) is 9.19. The molecule has 0 saturated carbocycles. The van der Waals surface area contributed by atoms with Crippen molar-refractivity contribution in [2.24, 2.45) is 0 Å². The van der Waals surface area contributed by atoms with Crippen LogP contribution in [0.15, 0.2) is 67.3 Å². The second-order valence-electron chi connectivity index (χ2n) is 3.72. The molecule has 0 amide bonds. The van der Waals surface area contributed by atoms with Crippen LogP contribution in [-0.4, -0.2) is 14.5 Å². The molecule has 0 aliphatic rings. The Bertz CT molecular complexity index is 600. The number of nitrogens with zero attached hydrogens (tertiary/aromatic N) is 3. The summed E-state index contributed by atoms with van der Waals surface area (Å²) in [6.07, 6.45) is 5.53. The maximum absolute atomic E-state index is 4.30. The van der Waals surface area contributed by atoms with Gasteiger partial charge in [-0.2, -0.15) is 0 Å². The molecule has 0 unspecified atom stereocenters. The molecule has 0 aliphatic heterocycles. The van der Waals surface area contributed by atoms with Crippen LogP contribution in [0.5, 0.6) is 0 Å². The molecule has 2 heterocycles. The van der Waals surface area contributed by atoms with Gasteiger partial charge in [0.05, 0.1) is 5.69 Å². The van der Waals surface area contributed by atoms with Crippen LogP contribution in [0.1, 0.15) is 0 Å². The number of benzene rings is 1. The van der Waals surface area contributed by atoms with Gasteiger partial charge in [0.15, 0.2) is 0 Å². The molecule has 82 valence electrons. The minimum Gasteiger partial charge on any atom is -0.309 e. The summed E-state index contributed by atoms with van der Waals surface area (Å²) in [5.74, 6) is 0.879. The first-order chi connectivity index (χ1) is 8.43. The number of aromatic nitrogens is 3. The molecule has 3 heteroatoms. The fourth-order valence-corrected chi connectivity index (χ4v) is 1.74. The van der Waals surface area contributed by atoms with E-state index >= 15 is 0 Å². The summed E-state index contributed by atoms with van der Waals surface area (Å²) >= 11 is 0. The molecule has 0 saturated heterocycles. The van der Waals surface area contributed by atoms with Gasteiger partial charge in [-0.15, -0.1) is 0 Å². The van der Waals surface area contributed by atoms with Crippen molar-refractivity contribution >= 4 is 0 Å². The van der Waals surface area contributed by atoms with Crippen LogP contribution in [-0.2, 0) is 0 Å². The highest BCUT2D eigenvalue weighted by Crippen LogP contribution is 2.17. The van der Waals surface area contributed by atoms with E-state index in [1.54, 1.807) is 6.33 Å². The van der Waals surface area contributed by atoms with Crippen molar-refractivity contribution in [3.8, 4) is 17.1 Å². The molecule has 0 radical (unpaired) electrons. The summed E-state index contributed by atoms with van der Waals surface area (Å²) in [5, 5.41) is 0. The van der Waals surface area contributed by atoms with Gasteiger partial charge in [0, 0.05) is 24.0 Å². The Morgan fingerprint density at radius 1 is 0.824 bits per heavy atom. The summed E-state index contributed by atoms with van der Waals surface area (Å²) in [6, 6.07) is 16.0. The molecule has 0 atom stereocenters. The summed E-state index contributed by atoms with van der Waals surface area (Å²) in [7, 11) is 0. The fourth-order valence-electron chi connectivity index (χ4n) is 1.74. The van der Waals surface area contributed by atoms with E-state index in [1.165, 1.54) is 0 Å². The average Bonchev–Trinajstić information content (AvgIpc) is 2.94. The Morgan fingerprint density at radius 2 is 1.59 bits per heavy atom. The molecule has 17 heavy (non-hydrogen) atoms. The smallest absolute Gasteiger partial charge is 0.140 e. The van der Waals surface area contributed by atoms with Crippen molar-refractivity contribution < 1.29 is 0 Å². The first kappa shape index (κ1) is 9.78. The highest BCUT2D eigenvalue weighted by molar-refractivity contribution is 5.60. The molecule has 0 fully saturated rings. The first-order valence-electron chi connectivity index (χ1n) is 5.44. The molecule has 3 nitrogen and oxygen atoms in total. The van der Waals surface area contributed by atoms with E-state index in [1.807, 2.05) is 65.5 Å². The highest BCUT2D eigenvalue weighted by atomic mass is 15.1. The molecule has 2 aromatic heterocycles. The van der Waals surface area contributed by atoms with Gasteiger partial charge in [0.25, 0.3) is 0 Å². The predicted octanol–water partition coefficient (Wildman–Crippen LogP) is 2.93. The minimum absolute atomic E-state index is 0.879. The van der Waals surface area contributed by atoms with Crippen molar-refractivity contribution in [1.82, 2.24) is 14.5 Å². The van der Waals surface area contributed by atoms with Crippen LogP contribution in [0, 0.1) is 0 Å². The van der Waals surface area contributed by atoms with E-state index in [0.29, 0.717) is 0 Å². The van der Waals surface area contributed by atoms with Crippen LogP contribution >= 0.6 is 0 Å². The summed E-state index contributed by atoms with van der Waals surface area (Å²) in [6.45, 7) is 0. The van der Waals surface area contributed by atoms with Gasteiger partial charge >= 0.3 is 0 Å². The molecule has 3 rings (SSSR count). The third-order valence-electron chi connectivity index (χ3n) is 2.59. The van der Waals surface area contributed by atoms with Gasteiger partial charge in [-0.05, 0) is 12.1 Å². The third-order valence-corrected chi connectivity index (χ3v) is 2.59. The van der Waals surface area contributed by atoms with E-state index in [9.17, 15) is 0 Å². The average molecular weight is 221 g/mol. The van der Waals surface area contributed by atoms with E-state index in [2.05, 4.69) is 9.97 Å². The monoisotopic (exact) mass is 221 g/mol. The molecule has 0 spiro atoms. The summed E-state index contributed by atoms with van der Waals surface area (Å²) in [4.78, 5) is 8.55. The fraction of sp³-hybridized carbons (Fsp3) is 0. The quantitative estimate of drug-likeness (QED) is 0.666. The van der Waals surface area contributed by atoms with Crippen molar-refractivity contribution in [2.45, 2.75) is 0 Å². The molecule has 3 aromatic rings. The lowest BCUT2D eigenvalue weighted by molar-refractivity contribution is 0.985. The third kappa shape index (κ3) is 1.95. The van der Waals surface area contributed by atoms with Crippen LogP contribution in [0.2, 0.25) is 0 Å². The van der Waals surface area contributed by atoms with E-state index in [-0.39, 0.29) is 0 Å². The van der Waals surface area contributed by atoms with Crippen molar-refractivity contribution in [1.29, 1.82) is 0 Å². The van der Waals surface area contributed by atoms with E-state index in [4.69, 9.17) is 0 Å². The molecule has 1 aromatic carbocycles. The molecule has 0 N–H and O–H groups in total. The summed E-state index contributed by atoms with van der Waals surface area (Å²) in [5.41, 5.74) is 2.03. The summed E-state index contributed by atoms with van der Waals surface area (Å²) < 4.78 is 1.97. The molecule has 0 bridgehead atoms. The van der Waals surface area contributed by atoms with Gasteiger partial charge < -0.3 is 4.57 Å². The van der Waals surface area contributed by atoms with Crippen molar-refractivity contribution in [3.05, 3.63) is 67.3 Å². The standard InChI is InChI=1S/C14H11N3/c1-2-6-12(7-3-1)13-10-14(16-11-15-13)17-8-4-5-9-17/h1-11H. The lowest BCUT2D eigenvalue weighted by Crippen LogP contribution is -1.95. The first-order valence-corrected chi connectivity index (χ1v) is 5.44. The van der Waals surface area contributed by atoms with Crippen LogP contribution < -0.4 is 0 Å². The van der Waals surface area contributed by atoms with Gasteiger partial charge in [-0.25, -0.2) is 9.97 Å². The number of rotatable bonds is 2. The highest BCUT2D eigenvalue weighted by Gasteiger charge is 2.01. The lowest BCUT2D eigenvalue weighted by atomic mass is 10.1. The predicted molar refractivity (Wildman–Crippen MR) is 66.8 cm³/mol. The topological polar surface area (TPSA) is 30.7 Å². The van der Waals surface area contributed by atoms with Gasteiger partial charge in [-0.3, -0.25) is 0 Å². The Kier molecular flexibility index (Phi) is 2.43. The van der Waals surface area contributed by atoms with Crippen LogP contribution in [0.25, 0.3) is 17.1 Å². The molecular formula is C14H11N3. The zero-order chi connectivity index (χ0) is 11.5. The molecular weight excluding hydrogens is 210 g/mol. The second-order valence-corrected chi connectivity index (χ2v) is 3.72. The minimum atomic E-state index is 0.879. The normalized spacial score (nSPS) is 10.4. The number of hydrogen-bond acceptors (Lipinski definition) is 2. The maximum atomic E-state index is 4.30. The van der Waals surface area contributed by atoms with Crippen molar-refractivity contribution in [3.63, 3.8) is 0 Å². The van der Waals surface area contributed by atoms with Gasteiger partial charge in [0.2, 0.25) is 0 Å². The Hall–Kier alpha value is -2.42. The number of hydrogen-bond donors (Lipinski definition) is 0. The Morgan fingerprint density at radius 3 is 2.35 bits per heavy atom. The zero-order valence-corrected chi connectivity index (χ0v) is 9.19. The van der Waals surface area contributed by atoms with E-state index in [0.717, 1.165) is 17.1 Å². The second kappa shape index (κ2) is 4.22. The molecule has 0 aliphatic carbocycles. The van der Waals surface area contributed by atoms with Crippen LogP contribution in [0.4, 0.5) is 0 Å². The van der Waals surface area contributed by atoms with Gasteiger partial charge in [-0.1, -0.05) is 30.3 Å². The maximum Gasteiger partial charge on any atom is 0.140 e.